The van der Waals surface area contributed by atoms with Crippen LogP contribution in [0, 0.1) is 11.7 Å². The second kappa shape index (κ2) is 7.27. The van der Waals surface area contributed by atoms with E-state index in [4.69, 9.17) is 16.3 Å². The Labute approximate surface area is 137 Å². The van der Waals surface area contributed by atoms with Crippen molar-refractivity contribution >= 4 is 39.0 Å². The molecule has 1 aliphatic rings. The number of sulfone groups is 1. The SMILES string of the molecule is O=C(COC(=O)C[C@H]1CCS(=O)(=O)C1)Nc1cc(Cl)ccc1F. The van der Waals surface area contributed by atoms with Gasteiger partial charge in [-0.1, -0.05) is 11.6 Å². The highest BCUT2D eigenvalue weighted by molar-refractivity contribution is 7.91. The second-order valence-corrected chi connectivity index (χ2v) is 7.97. The standard InChI is InChI=1S/C14H15ClFNO5S/c15-10-1-2-11(16)12(6-10)17-13(18)7-22-14(19)5-9-3-4-23(20,21)8-9/h1-2,6,9H,3-5,7-8H2,(H,17,18)/t9-/m1/s1. The van der Waals surface area contributed by atoms with Gasteiger partial charge in [0, 0.05) is 11.4 Å². The fourth-order valence-corrected chi connectivity index (χ4v) is 4.29. The van der Waals surface area contributed by atoms with Gasteiger partial charge >= 0.3 is 5.97 Å². The van der Waals surface area contributed by atoms with Gasteiger partial charge in [0.05, 0.1) is 17.2 Å². The molecule has 1 N–H and O–H groups in total. The predicted molar refractivity (Wildman–Crippen MR) is 82.4 cm³/mol. The predicted octanol–water partition coefficient (Wildman–Crippen LogP) is 1.79. The lowest BCUT2D eigenvalue weighted by atomic mass is 10.1. The average Bonchev–Trinajstić information content (AvgIpc) is 2.79. The van der Waals surface area contributed by atoms with Crippen molar-refractivity contribution in [2.45, 2.75) is 12.8 Å². The molecule has 1 atom stereocenters. The van der Waals surface area contributed by atoms with Gasteiger partial charge in [-0.2, -0.15) is 0 Å². The third-order valence-electron chi connectivity index (χ3n) is 3.35. The number of carbonyl (C=O) groups excluding carboxylic acids is 2. The van der Waals surface area contributed by atoms with Gasteiger partial charge in [-0.25, -0.2) is 12.8 Å². The number of hydrogen-bond acceptors (Lipinski definition) is 5. The van der Waals surface area contributed by atoms with Crippen LogP contribution in [-0.4, -0.2) is 38.4 Å². The molecule has 0 aliphatic carbocycles. The molecule has 2 rings (SSSR count). The van der Waals surface area contributed by atoms with Gasteiger partial charge in [-0.15, -0.1) is 0 Å². The summed E-state index contributed by atoms with van der Waals surface area (Å²) in [5.74, 6) is -2.28. The smallest absolute Gasteiger partial charge is 0.306 e. The summed E-state index contributed by atoms with van der Waals surface area (Å²) in [7, 11) is -3.06. The van der Waals surface area contributed by atoms with E-state index >= 15 is 0 Å². The molecule has 1 aromatic rings. The van der Waals surface area contributed by atoms with E-state index in [1.54, 1.807) is 0 Å². The van der Waals surface area contributed by atoms with Gasteiger partial charge in [-0.3, -0.25) is 9.59 Å². The summed E-state index contributed by atoms with van der Waals surface area (Å²) in [6.45, 7) is -0.579. The number of esters is 1. The lowest BCUT2D eigenvalue weighted by molar-refractivity contribution is -0.148. The zero-order chi connectivity index (χ0) is 17.0. The molecule has 6 nitrogen and oxygen atoms in total. The minimum Gasteiger partial charge on any atom is -0.456 e. The summed E-state index contributed by atoms with van der Waals surface area (Å²) in [5, 5.41) is 2.49. The van der Waals surface area contributed by atoms with Crippen LogP contribution >= 0.6 is 11.6 Å². The van der Waals surface area contributed by atoms with Crippen LogP contribution in [0.15, 0.2) is 18.2 Å². The number of ether oxygens (including phenoxy) is 1. The zero-order valence-corrected chi connectivity index (χ0v) is 13.6. The minimum absolute atomic E-state index is 0.0397. The first-order chi connectivity index (χ1) is 10.7. The fraction of sp³-hybridized carbons (Fsp3) is 0.429. The summed E-state index contributed by atoms with van der Waals surface area (Å²) >= 11 is 5.69. The number of carbonyl (C=O) groups is 2. The average molecular weight is 364 g/mol. The molecular formula is C14H15ClFNO5S. The van der Waals surface area contributed by atoms with Gasteiger partial charge < -0.3 is 10.1 Å². The quantitative estimate of drug-likeness (QED) is 0.805. The van der Waals surface area contributed by atoms with Crippen LogP contribution in [0.5, 0.6) is 0 Å². The number of benzene rings is 1. The zero-order valence-electron chi connectivity index (χ0n) is 12.1. The maximum Gasteiger partial charge on any atom is 0.306 e. The van der Waals surface area contributed by atoms with E-state index in [-0.39, 0.29) is 34.6 Å². The van der Waals surface area contributed by atoms with Crippen LogP contribution in [0.3, 0.4) is 0 Å². The Morgan fingerprint density at radius 2 is 2.13 bits per heavy atom. The molecule has 9 heteroatoms. The number of halogens is 2. The van der Waals surface area contributed by atoms with E-state index in [2.05, 4.69) is 5.32 Å². The van der Waals surface area contributed by atoms with Crippen molar-refractivity contribution in [1.82, 2.24) is 0 Å². The second-order valence-electron chi connectivity index (χ2n) is 5.31. The van der Waals surface area contributed by atoms with Crippen LogP contribution in [0.25, 0.3) is 0 Å². The largest absolute Gasteiger partial charge is 0.456 e. The molecule has 0 spiro atoms. The number of nitrogens with one attached hydrogen (secondary N) is 1. The van der Waals surface area contributed by atoms with Crippen LogP contribution in [0.1, 0.15) is 12.8 Å². The molecule has 0 saturated carbocycles. The van der Waals surface area contributed by atoms with E-state index in [0.717, 1.165) is 6.07 Å². The number of anilines is 1. The molecule has 1 amide bonds. The lowest BCUT2D eigenvalue weighted by Crippen LogP contribution is -2.22. The van der Waals surface area contributed by atoms with Crippen molar-refractivity contribution in [3.8, 4) is 0 Å². The van der Waals surface area contributed by atoms with E-state index in [9.17, 15) is 22.4 Å². The Kier molecular flexibility index (Phi) is 5.59. The topological polar surface area (TPSA) is 89.5 Å². The molecule has 126 valence electrons. The summed E-state index contributed by atoms with van der Waals surface area (Å²) < 4.78 is 40.8. The molecule has 0 unspecified atom stereocenters. The normalized spacial score (nSPS) is 19.3. The molecule has 1 aromatic carbocycles. The first kappa shape index (κ1) is 17.7. The Morgan fingerprint density at radius 1 is 1.39 bits per heavy atom. The van der Waals surface area contributed by atoms with Crippen molar-refractivity contribution in [3.63, 3.8) is 0 Å². The van der Waals surface area contributed by atoms with Crippen molar-refractivity contribution in [3.05, 3.63) is 29.0 Å². The van der Waals surface area contributed by atoms with Gasteiger partial charge in [0.1, 0.15) is 5.82 Å². The van der Waals surface area contributed by atoms with Crippen molar-refractivity contribution < 1.29 is 27.1 Å². The monoisotopic (exact) mass is 363 g/mol. The Morgan fingerprint density at radius 3 is 2.78 bits per heavy atom. The molecule has 0 aromatic heterocycles. The molecular weight excluding hydrogens is 349 g/mol. The molecule has 1 fully saturated rings. The van der Waals surface area contributed by atoms with Crippen LogP contribution in [0.4, 0.5) is 10.1 Å². The number of hydrogen-bond donors (Lipinski definition) is 1. The van der Waals surface area contributed by atoms with Gasteiger partial charge in [-0.05, 0) is 30.5 Å². The van der Waals surface area contributed by atoms with E-state index in [0.29, 0.717) is 6.42 Å². The third-order valence-corrected chi connectivity index (χ3v) is 5.42. The van der Waals surface area contributed by atoms with Crippen LogP contribution in [-0.2, 0) is 24.2 Å². The van der Waals surface area contributed by atoms with E-state index < -0.39 is 34.1 Å². The maximum atomic E-state index is 13.4. The molecule has 23 heavy (non-hydrogen) atoms. The van der Waals surface area contributed by atoms with Gasteiger partial charge in [0.15, 0.2) is 16.4 Å². The van der Waals surface area contributed by atoms with E-state index in [1.165, 1.54) is 12.1 Å². The summed E-state index contributed by atoms with van der Waals surface area (Å²) in [6, 6.07) is 3.67. The molecule has 1 saturated heterocycles. The van der Waals surface area contributed by atoms with Crippen molar-refractivity contribution in [2.24, 2.45) is 5.92 Å². The summed E-state index contributed by atoms with van der Waals surface area (Å²) in [4.78, 5) is 23.2. The molecule has 1 aliphatic heterocycles. The van der Waals surface area contributed by atoms with Crippen LogP contribution < -0.4 is 5.32 Å². The number of amides is 1. The summed E-state index contributed by atoms with van der Waals surface area (Å²) in [5.41, 5.74) is -0.111. The fourth-order valence-electron chi connectivity index (χ4n) is 2.25. The van der Waals surface area contributed by atoms with Gasteiger partial charge in [0.25, 0.3) is 5.91 Å². The number of rotatable bonds is 5. The lowest BCUT2D eigenvalue weighted by Gasteiger charge is -2.09. The third kappa shape index (κ3) is 5.47. The first-order valence-electron chi connectivity index (χ1n) is 6.86. The van der Waals surface area contributed by atoms with E-state index in [1.807, 2.05) is 0 Å². The Bertz CT molecular complexity index is 722. The van der Waals surface area contributed by atoms with Crippen LogP contribution in [0.2, 0.25) is 5.02 Å². The Balaban J connectivity index is 1.78. The molecule has 1 heterocycles. The highest BCUT2D eigenvalue weighted by Gasteiger charge is 2.30. The minimum atomic E-state index is -3.06. The van der Waals surface area contributed by atoms with Crippen molar-refractivity contribution in [1.29, 1.82) is 0 Å². The van der Waals surface area contributed by atoms with Crippen molar-refractivity contribution in [2.75, 3.05) is 23.4 Å². The molecule has 0 bridgehead atoms. The maximum absolute atomic E-state index is 13.4. The highest BCUT2D eigenvalue weighted by atomic mass is 35.5. The molecule has 0 radical (unpaired) electrons. The Hall–Kier alpha value is -1.67. The van der Waals surface area contributed by atoms with Gasteiger partial charge in [0.2, 0.25) is 0 Å². The first-order valence-corrected chi connectivity index (χ1v) is 9.06. The highest BCUT2D eigenvalue weighted by Crippen LogP contribution is 2.22. The summed E-state index contributed by atoms with van der Waals surface area (Å²) in [6.07, 6.45) is 0.357.